The van der Waals surface area contributed by atoms with Crippen LogP contribution in [0.5, 0.6) is 0 Å². The first-order valence-corrected chi connectivity index (χ1v) is 10.2. The lowest BCUT2D eigenvalue weighted by molar-refractivity contribution is 0.507. The van der Waals surface area contributed by atoms with Crippen LogP contribution >= 0.6 is 11.8 Å². The van der Waals surface area contributed by atoms with Crippen LogP contribution in [0.25, 0.3) is 0 Å². The molecular formula is C15H22N2O2S2. The summed E-state index contributed by atoms with van der Waals surface area (Å²) in [5.41, 5.74) is 1.14. The van der Waals surface area contributed by atoms with Crippen molar-refractivity contribution in [2.45, 2.75) is 49.2 Å². The predicted octanol–water partition coefficient (Wildman–Crippen LogP) is 2.11. The molecule has 116 valence electrons. The molecule has 1 heterocycles. The Labute approximate surface area is 131 Å². The van der Waals surface area contributed by atoms with E-state index in [1.165, 1.54) is 24.3 Å². The van der Waals surface area contributed by atoms with Crippen LogP contribution in [0, 0.1) is 0 Å². The molecule has 0 radical (unpaired) electrons. The standard InChI is InChI=1S/C15H22N2O2S2/c18-21(19,17-13-5-6-13)15-7-3-12(4-8-15)10-16-14-2-1-9-20-11-14/h3-4,7-8,13-14,16-17H,1-2,5-6,9-11H2/t14-/m1/s1. The van der Waals surface area contributed by atoms with Gasteiger partial charge in [-0.1, -0.05) is 12.1 Å². The molecule has 1 aromatic carbocycles. The molecular weight excluding hydrogens is 304 g/mol. The fourth-order valence-corrected chi connectivity index (χ4v) is 4.85. The first-order chi connectivity index (χ1) is 10.1. The van der Waals surface area contributed by atoms with Gasteiger partial charge in [-0.3, -0.25) is 0 Å². The van der Waals surface area contributed by atoms with Crippen molar-refractivity contribution in [1.82, 2.24) is 10.0 Å². The molecule has 6 heteroatoms. The summed E-state index contributed by atoms with van der Waals surface area (Å²) in [6.07, 6.45) is 4.44. The summed E-state index contributed by atoms with van der Waals surface area (Å²) in [6.45, 7) is 0.807. The Bertz CT molecular complexity index is 562. The number of hydrogen-bond acceptors (Lipinski definition) is 4. The minimum Gasteiger partial charge on any atom is -0.309 e. The Morgan fingerprint density at radius 2 is 1.86 bits per heavy atom. The molecule has 1 saturated carbocycles. The molecule has 3 rings (SSSR count). The smallest absolute Gasteiger partial charge is 0.240 e. The summed E-state index contributed by atoms with van der Waals surface area (Å²) >= 11 is 2.01. The van der Waals surface area contributed by atoms with E-state index in [1.807, 2.05) is 23.9 Å². The monoisotopic (exact) mass is 326 g/mol. The maximum atomic E-state index is 12.1. The van der Waals surface area contributed by atoms with E-state index in [9.17, 15) is 8.42 Å². The lowest BCUT2D eigenvalue weighted by Gasteiger charge is -2.22. The lowest BCUT2D eigenvalue weighted by Crippen LogP contribution is -2.33. The van der Waals surface area contributed by atoms with Gasteiger partial charge in [0.25, 0.3) is 0 Å². The molecule has 1 aliphatic carbocycles. The van der Waals surface area contributed by atoms with E-state index in [0.717, 1.165) is 24.9 Å². The van der Waals surface area contributed by atoms with Crippen LogP contribution < -0.4 is 10.0 Å². The second kappa shape index (κ2) is 6.69. The van der Waals surface area contributed by atoms with E-state index in [4.69, 9.17) is 0 Å². The zero-order valence-electron chi connectivity index (χ0n) is 12.0. The first-order valence-electron chi connectivity index (χ1n) is 7.56. The van der Waals surface area contributed by atoms with Crippen molar-refractivity contribution in [1.29, 1.82) is 0 Å². The third kappa shape index (κ3) is 4.45. The Morgan fingerprint density at radius 1 is 1.10 bits per heavy atom. The SMILES string of the molecule is O=S(=O)(NC1CC1)c1ccc(CN[C@@H]2CCCSC2)cc1. The Kier molecular flexibility index (Phi) is 4.88. The molecule has 0 unspecified atom stereocenters. The van der Waals surface area contributed by atoms with Gasteiger partial charge in [0.15, 0.2) is 0 Å². The molecule has 1 atom stereocenters. The molecule has 2 aliphatic rings. The van der Waals surface area contributed by atoms with Gasteiger partial charge in [-0.25, -0.2) is 13.1 Å². The van der Waals surface area contributed by atoms with Crippen LogP contribution in [-0.4, -0.2) is 32.0 Å². The van der Waals surface area contributed by atoms with Crippen molar-refractivity contribution in [3.05, 3.63) is 29.8 Å². The van der Waals surface area contributed by atoms with Crippen LogP contribution in [-0.2, 0) is 16.6 Å². The second-order valence-electron chi connectivity index (χ2n) is 5.83. The van der Waals surface area contributed by atoms with E-state index in [0.29, 0.717) is 10.9 Å². The molecule has 0 aromatic heterocycles. The molecule has 4 nitrogen and oxygen atoms in total. The van der Waals surface area contributed by atoms with Crippen molar-refractivity contribution in [3.8, 4) is 0 Å². The van der Waals surface area contributed by atoms with Crippen LogP contribution in [0.2, 0.25) is 0 Å². The average molecular weight is 326 g/mol. The number of sulfonamides is 1. The second-order valence-corrected chi connectivity index (χ2v) is 8.70. The Balaban J connectivity index is 1.55. The summed E-state index contributed by atoms with van der Waals surface area (Å²) in [5, 5.41) is 3.55. The highest BCUT2D eigenvalue weighted by Crippen LogP contribution is 2.22. The Hall–Kier alpha value is -0.560. The maximum Gasteiger partial charge on any atom is 0.240 e. The summed E-state index contributed by atoms with van der Waals surface area (Å²) in [4.78, 5) is 0.367. The van der Waals surface area contributed by atoms with Gasteiger partial charge < -0.3 is 5.32 Å². The molecule has 0 amide bonds. The number of benzene rings is 1. The number of nitrogens with one attached hydrogen (secondary N) is 2. The van der Waals surface area contributed by atoms with Crippen molar-refractivity contribution in [3.63, 3.8) is 0 Å². The summed E-state index contributed by atoms with van der Waals surface area (Å²) in [6, 6.07) is 7.97. The summed E-state index contributed by atoms with van der Waals surface area (Å²) < 4.78 is 26.8. The van der Waals surface area contributed by atoms with E-state index in [2.05, 4.69) is 10.0 Å². The van der Waals surface area contributed by atoms with Crippen molar-refractivity contribution >= 4 is 21.8 Å². The minimum atomic E-state index is -3.32. The van der Waals surface area contributed by atoms with Gasteiger partial charge in [-0.05, 0) is 49.1 Å². The van der Waals surface area contributed by atoms with Crippen molar-refractivity contribution in [2.75, 3.05) is 11.5 Å². The normalized spacial score (nSPS) is 23.1. The highest BCUT2D eigenvalue weighted by molar-refractivity contribution is 7.99. The molecule has 2 fully saturated rings. The van der Waals surface area contributed by atoms with E-state index < -0.39 is 10.0 Å². The maximum absolute atomic E-state index is 12.1. The fraction of sp³-hybridized carbons (Fsp3) is 0.600. The Morgan fingerprint density at radius 3 is 2.48 bits per heavy atom. The fourth-order valence-electron chi connectivity index (χ4n) is 2.44. The zero-order valence-corrected chi connectivity index (χ0v) is 13.7. The number of rotatable bonds is 6. The molecule has 21 heavy (non-hydrogen) atoms. The third-order valence-electron chi connectivity index (χ3n) is 3.89. The van der Waals surface area contributed by atoms with Crippen LogP contribution in [0.1, 0.15) is 31.2 Å². The first kappa shape index (κ1) is 15.3. The quantitative estimate of drug-likeness (QED) is 0.841. The summed E-state index contributed by atoms with van der Waals surface area (Å²) in [7, 11) is -3.32. The van der Waals surface area contributed by atoms with Crippen LogP contribution in [0.3, 0.4) is 0 Å². The number of hydrogen-bond donors (Lipinski definition) is 2. The topological polar surface area (TPSA) is 58.2 Å². The molecule has 2 N–H and O–H groups in total. The van der Waals surface area contributed by atoms with Gasteiger partial charge in [0.05, 0.1) is 4.90 Å². The zero-order chi connectivity index (χ0) is 14.7. The molecule has 0 spiro atoms. The van der Waals surface area contributed by atoms with E-state index in [-0.39, 0.29) is 6.04 Å². The summed E-state index contributed by atoms with van der Waals surface area (Å²) in [5.74, 6) is 2.45. The molecule has 0 bridgehead atoms. The van der Waals surface area contributed by atoms with Gasteiger partial charge in [-0.15, -0.1) is 0 Å². The van der Waals surface area contributed by atoms with Crippen molar-refractivity contribution in [2.24, 2.45) is 0 Å². The van der Waals surface area contributed by atoms with Crippen molar-refractivity contribution < 1.29 is 8.42 Å². The molecule has 1 saturated heterocycles. The van der Waals surface area contributed by atoms with Gasteiger partial charge in [0, 0.05) is 24.4 Å². The van der Waals surface area contributed by atoms with E-state index >= 15 is 0 Å². The average Bonchev–Trinajstić information content (AvgIpc) is 3.30. The van der Waals surface area contributed by atoms with Gasteiger partial charge in [-0.2, -0.15) is 11.8 Å². The van der Waals surface area contributed by atoms with Gasteiger partial charge in [0.2, 0.25) is 10.0 Å². The van der Waals surface area contributed by atoms with E-state index in [1.54, 1.807) is 12.1 Å². The highest BCUT2D eigenvalue weighted by atomic mass is 32.2. The largest absolute Gasteiger partial charge is 0.309 e. The van der Waals surface area contributed by atoms with Gasteiger partial charge in [0.1, 0.15) is 0 Å². The highest BCUT2D eigenvalue weighted by Gasteiger charge is 2.27. The molecule has 1 aliphatic heterocycles. The van der Waals surface area contributed by atoms with Crippen LogP contribution in [0.15, 0.2) is 29.2 Å². The number of thioether (sulfide) groups is 1. The predicted molar refractivity (Wildman–Crippen MR) is 87.0 cm³/mol. The van der Waals surface area contributed by atoms with Gasteiger partial charge >= 0.3 is 0 Å². The molecule has 1 aromatic rings. The van der Waals surface area contributed by atoms with Crippen LogP contribution in [0.4, 0.5) is 0 Å². The minimum absolute atomic E-state index is 0.153. The third-order valence-corrected chi connectivity index (χ3v) is 6.64. The lowest BCUT2D eigenvalue weighted by atomic mass is 10.1.